The van der Waals surface area contributed by atoms with Gasteiger partial charge in [-0.25, -0.2) is 0 Å². The highest BCUT2D eigenvalue weighted by Gasteiger charge is 2.67. The van der Waals surface area contributed by atoms with E-state index in [0.717, 1.165) is 66.8 Å². The molecular formula is C36H42N2O5. The van der Waals surface area contributed by atoms with Gasteiger partial charge in [-0.2, -0.15) is 0 Å². The molecule has 2 aliphatic carbocycles. The second-order valence-electron chi connectivity index (χ2n) is 13.0. The van der Waals surface area contributed by atoms with Crippen molar-refractivity contribution in [3.63, 3.8) is 0 Å². The molecule has 2 aromatic carbocycles. The molecule has 0 N–H and O–H groups in total. The molecule has 2 aliphatic heterocycles. The standard InChI is InChI=1S/C36H42N2O5/c1-7-16-37-17-15-36-27-12-13-28(38(21-22(2)3)32(40)14-11-25-10-8-9-23(4)18-25)35(36)43-34-31(41-6)20-30(42-24(5)39)26(33(34)36)19-29(27)37/h7-10,18,20,22,27-29,35H,1,12-13,15-17,19,21H2,2-6H3/t27-,28+,29+,35-,36-/m0/s1. The Morgan fingerprint density at radius 1 is 1.26 bits per heavy atom. The molecule has 0 radical (unpaired) electrons. The molecule has 0 unspecified atom stereocenters. The third kappa shape index (κ3) is 4.90. The number of hydrogen-bond donors (Lipinski definition) is 0. The van der Waals surface area contributed by atoms with Crippen LogP contribution in [0.3, 0.4) is 0 Å². The topological polar surface area (TPSA) is 68.3 Å². The average Bonchev–Trinajstić information content (AvgIpc) is 3.31. The number of piperidine rings is 1. The Kier molecular flexibility index (Phi) is 7.76. The van der Waals surface area contributed by atoms with Gasteiger partial charge in [-0.1, -0.05) is 38.0 Å². The summed E-state index contributed by atoms with van der Waals surface area (Å²) in [6.45, 7) is 14.1. The number of likely N-dealkylation sites (tertiary alicyclic amines) is 1. The second-order valence-corrected chi connectivity index (χ2v) is 13.0. The third-order valence-corrected chi connectivity index (χ3v) is 9.87. The molecule has 2 fully saturated rings. The Hall–Kier alpha value is -3.76. The van der Waals surface area contributed by atoms with Crippen LogP contribution in [0.1, 0.15) is 62.3 Å². The first-order chi connectivity index (χ1) is 20.7. The van der Waals surface area contributed by atoms with Crippen molar-refractivity contribution < 1.29 is 23.8 Å². The van der Waals surface area contributed by atoms with E-state index in [4.69, 9.17) is 14.2 Å². The molecule has 1 saturated heterocycles. The highest BCUT2D eigenvalue weighted by molar-refractivity contribution is 5.94. The largest absolute Gasteiger partial charge is 0.493 e. The van der Waals surface area contributed by atoms with Crippen molar-refractivity contribution >= 4 is 11.9 Å². The zero-order valence-corrected chi connectivity index (χ0v) is 25.9. The van der Waals surface area contributed by atoms with Gasteiger partial charge < -0.3 is 19.1 Å². The summed E-state index contributed by atoms with van der Waals surface area (Å²) in [5.74, 6) is 8.04. The van der Waals surface area contributed by atoms with Gasteiger partial charge in [0.15, 0.2) is 11.5 Å². The van der Waals surface area contributed by atoms with Gasteiger partial charge in [-0.05, 0) is 68.7 Å². The van der Waals surface area contributed by atoms with Gasteiger partial charge in [0.05, 0.1) is 13.2 Å². The van der Waals surface area contributed by atoms with Crippen molar-refractivity contribution in [3.05, 3.63) is 65.2 Å². The number of esters is 1. The van der Waals surface area contributed by atoms with Crippen LogP contribution in [-0.4, -0.2) is 66.6 Å². The molecule has 1 amide bonds. The molecule has 2 bridgehead atoms. The minimum absolute atomic E-state index is 0.148. The third-order valence-electron chi connectivity index (χ3n) is 9.87. The van der Waals surface area contributed by atoms with Crippen molar-refractivity contribution in [2.24, 2.45) is 11.8 Å². The number of amides is 1. The highest BCUT2D eigenvalue weighted by Crippen LogP contribution is 2.65. The number of nitrogens with zero attached hydrogens (tertiary/aromatic N) is 2. The lowest BCUT2D eigenvalue weighted by molar-refractivity contribution is -0.137. The fourth-order valence-corrected chi connectivity index (χ4v) is 8.43. The van der Waals surface area contributed by atoms with E-state index in [1.165, 1.54) is 6.92 Å². The van der Waals surface area contributed by atoms with Crippen LogP contribution in [0.2, 0.25) is 0 Å². The predicted octanol–water partition coefficient (Wildman–Crippen LogP) is 5.06. The van der Waals surface area contributed by atoms with Gasteiger partial charge in [-0.15, -0.1) is 6.58 Å². The second kappa shape index (κ2) is 11.4. The quantitative estimate of drug-likeness (QED) is 0.197. The lowest BCUT2D eigenvalue weighted by Crippen LogP contribution is -2.69. The Bertz CT molecular complexity index is 1520. The molecule has 4 aliphatic rings. The number of carbonyl (C=O) groups is 2. The zero-order valence-electron chi connectivity index (χ0n) is 25.9. The summed E-state index contributed by atoms with van der Waals surface area (Å²) in [6, 6.07) is 9.85. The maximum atomic E-state index is 14.0. The van der Waals surface area contributed by atoms with Crippen LogP contribution in [0.4, 0.5) is 0 Å². The molecule has 43 heavy (non-hydrogen) atoms. The highest BCUT2D eigenvalue weighted by atomic mass is 16.5. The normalized spacial score (nSPS) is 26.5. The summed E-state index contributed by atoms with van der Waals surface area (Å²) in [6.07, 6.45) is 5.18. The van der Waals surface area contributed by atoms with Gasteiger partial charge in [-0.3, -0.25) is 14.5 Å². The van der Waals surface area contributed by atoms with Crippen molar-refractivity contribution in [2.75, 3.05) is 26.7 Å². The molecule has 2 heterocycles. The van der Waals surface area contributed by atoms with E-state index in [2.05, 4.69) is 37.2 Å². The lowest BCUT2D eigenvalue weighted by Gasteiger charge is -2.60. The van der Waals surface area contributed by atoms with Gasteiger partial charge in [0, 0.05) is 60.1 Å². The fraction of sp³-hybridized carbons (Fsp3) is 0.500. The van der Waals surface area contributed by atoms with Crippen molar-refractivity contribution in [1.29, 1.82) is 0 Å². The molecular weight excluding hydrogens is 540 g/mol. The van der Waals surface area contributed by atoms with Crippen molar-refractivity contribution in [3.8, 4) is 29.1 Å². The summed E-state index contributed by atoms with van der Waals surface area (Å²) < 4.78 is 18.7. The van der Waals surface area contributed by atoms with Crippen molar-refractivity contribution in [2.45, 2.75) is 77.0 Å². The smallest absolute Gasteiger partial charge is 0.308 e. The summed E-state index contributed by atoms with van der Waals surface area (Å²) >= 11 is 0. The summed E-state index contributed by atoms with van der Waals surface area (Å²) in [4.78, 5) is 30.7. The fourth-order valence-electron chi connectivity index (χ4n) is 8.43. The minimum Gasteiger partial charge on any atom is -0.493 e. The first-order valence-electron chi connectivity index (χ1n) is 15.5. The summed E-state index contributed by atoms with van der Waals surface area (Å²) in [5.41, 5.74) is 3.78. The first kappa shape index (κ1) is 29.3. The Labute approximate surface area is 255 Å². The molecule has 226 valence electrons. The van der Waals surface area contributed by atoms with Crippen LogP contribution in [0.15, 0.2) is 43.0 Å². The Balaban J connectivity index is 1.46. The number of hydrogen-bond acceptors (Lipinski definition) is 6. The van der Waals surface area contributed by atoms with E-state index in [1.54, 1.807) is 13.2 Å². The van der Waals surface area contributed by atoms with E-state index in [-0.39, 0.29) is 41.4 Å². The maximum absolute atomic E-state index is 14.0. The van der Waals surface area contributed by atoms with E-state index in [9.17, 15) is 9.59 Å². The number of methoxy groups -OCH3 is 1. The number of rotatable bonds is 7. The van der Waals surface area contributed by atoms with Gasteiger partial charge in [0.2, 0.25) is 0 Å². The molecule has 1 saturated carbocycles. The van der Waals surface area contributed by atoms with Crippen LogP contribution in [0, 0.1) is 30.6 Å². The number of benzene rings is 2. The van der Waals surface area contributed by atoms with Gasteiger partial charge in [0.1, 0.15) is 11.9 Å². The van der Waals surface area contributed by atoms with Crippen LogP contribution in [0.5, 0.6) is 17.2 Å². The monoisotopic (exact) mass is 582 g/mol. The van der Waals surface area contributed by atoms with Gasteiger partial charge in [0.25, 0.3) is 5.91 Å². The minimum atomic E-state index is -0.358. The zero-order chi connectivity index (χ0) is 30.5. The molecule has 6 rings (SSSR count). The van der Waals surface area contributed by atoms with Crippen LogP contribution >= 0.6 is 0 Å². The van der Waals surface area contributed by atoms with Gasteiger partial charge >= 0.3 is 5.97 Å². The maximum Gasteiger partial charge on any atom is 0.308 e. The summed E-state index contributed by atoms with van der Waals surface area (Å²) in [5, 5.41) is 0. The first-order valence-corrected chi connectivity index (χ1v) is 15.5. The molecule has 5 atom stereocenters. The molecule has 0 aromatic heterocycles. The Morgan fingerprint density at radius 3 is 2.77 bits per heavy atom. The predicted molar refractivity (Wildman–Crippen MR) is 165 cm³/mol. The van der Waals surface area contributed by atoms with Crippen LogP contribution < -0.4 is 14.2 Å². The average molecular weight is 583 g/mol. The van der Waals surface area contributed by atoms with E-state index < -0.39 is 0 Å². The van der Waals surface area contributed by atoms with E-state index in [1.807, 2.05) is 42.2 Å². The van der Waals surface area contributed by atoms with E-state index in [0.29, 0.717) is 24.0 Å². The molecule has 7 heteroatoms. The number of aryl methyl sites for hydroxylation is 1. The number of carbonyl (C=O) groups excluding carboxylic acids is 2. The summed E-state index contributed by atoms with van der Waals surface area (Å²) in [7, 11) is 1.63. The van der Waals surface area contributed by atoms with Crippen molar-refractivity contribution in [1.82, 2.24) is 9.80 Å². The Morgan fingerprint density at radius 2 is 2.07 bits per heavy atom. The molecule has 2 aromatic rings. The SMILES string of the molecule is C=CCN1CC[C@]23c4c5c(OC(C)=O)cc(OC)c4O[C@H]2[C@H](N(CC(C)C)C(=O)C#Cc2cccc(C)c2)CC[C@H]3[C@H]1C5. The van der Waals surface area contributed by atoms with Crippen LogP contribution in [-0.2, 0) is 21.4 Å². The van der Waals surface area contributed by atoms with Crippen LogP contribution in [0.25, 0.3) is 0 Å². The lowest BCUT2D eigenvalue weighted by atomic mass is 9.50. The molecule has 1 spiro atoms. The molecule has 7 nitrogen and oxygen atoms in total. The number of ether oxygens (including phenoxy) is 3. The van der Waals surface area contributed by atoms with E-state index >= 15 is 0 Å².